The van der Waals surface area contributed by atoms with Crippen molar-refractivity contribution in [3.63, 3.8) is 0 Å². The van der Waals surface area contributed by atoms with Crippen molar-refractivity contribution in [1.82, 2.24) is 0 Å². The predicted molar refractivity (Wildman–Crippen MR) is 89.5 cm³/mol. The standard InChI is InChI=1S/C18H32O4/c1-2-3-4-5-6-8-11-14-17(19)15-12-9-7-10-13-16-18(20)22-21/h7,10,13,16-17,19,21H,2-6,8-9,11-12,14-15H2,1H3. The van der Waals surface area contributed by atoms with Gasteiger partial charge < -0.3 is 5.11 Å². The van der Waals surface area contributed by atoms with Crippen LogP contribution in [-0.4, -0.2) is 22.4 Å². The van der Waals surface area contributed by atoms with Gasteiger partial charge in [-0.1, -0.05) is 70.1 Å². The van der Waals surface area contributed by atoms with Gasteiger partial charge in [-0.2, -0.15) is 5.26 Å². The number of carbonyl (C=O) groups is 1. The maximum atomic E-state index is 10.6. The number of aliphatic hydroxyl groups excluding tert-OH is 1. The van der Waals surface area contributed by atoms with Crippen LogP contribution in [0.4, 0.5) is 0 Å². The van der Waals surface area contributed by atoms with Gasteiger partial charge in [0.05, 0.1) is 6.10 Å². The van der Waals surface area contributed by atoms with Crippen molar-refractivity contribution in [3.8, 4) is 0 Å². The molecule has 128 valence electrons. The summed E-state index contributed by atoms with van der Waals surface area (Å²) in [5.74, 6) is -0.783. The molecule has 0 aliphatic rings. The number of hydrogen-bond acceptors (Lipinski definition) is 4. The minimum Gasteiger partial charge on any atom is -0.393 e. The fraction of sp³-hybridized carbons (Fsp3) is 0.722. The van der Waals surface area contributed by atoms with Gasteiger partial charge in [-0.25, -0.2) is 4.79 Å². The molecule has 0 saturated carbocycles. The van der Waals surface area contributed by atoms with Crippen LogP contribution < -0.4 is 0 Å². The molecule has 1 atom stereocenters. The van der Waals surface area contributed by atoms with Crippen LogP contribution >= 0.6 is 0 Å². The van der Waals surface area contributed by atoms with Crippen LogP contribution in [0.3, 0.4) is 0 Å². The second-order valence-electron chi connectivity index (χ2n) is 5.69. The Kier molecular flexibility index (Phi) is 15.4. The lowest BCUT2D eigenvalue weighted by molar-refractivity contribution is -0.228. The van der Waals surface area contributed by atoms with Crippen molar-refractivity contribution in [3.05, 3.63) is 24.3 Å². The maximum absolute atomic E-state index is 10.6. The second kappa shape index (κ2) is 16.2. The Bertz CT molecular complexity index is 310. The molecule has 0 aromatic carbocycles. The van der Waals surface area contributed by atoms with E-state index in [1.54, 1.807) is 6.08 Å². The Morgan fingerprint density at radius 3 is 2.32 bits per heavy atom. The van der Waals surface area contributed by atoms with E-state index in [4.69, 9.17) is 5.26 Å². The van der Waals surface area contributed by atoms with E-state index in [0.29, 0.717) is 0 Å². The van der Waals surface area contributed by atoms with Crippen LogP contribution in [0, 0.1) is 0 Å². The van der Waals surface area contributed by atoms with Gasteiger partial charge >= 0.3 is 5.97 Å². The van der Waals surface area contributed by atoms with Gasteiger partial charge in [-0.15, -0.1) is 0 Å². The number of unbranched alkanes of at least 4 members (excludes halogenated alkanes) is 7. The number of aliphatic hydroxyl groups is 1. The van der Waals surface area contributed by atoms with Gasteiger partial charge in [0.15, 0.2) is 0 Å². The molecular formula is C18H32O4. The Labute approximate surface area is 134 Å². The van der Waals surface area contributed by atoms with Gasteiger partial charge in [-0.3, -0.25) is 4.89 Å². The van der Waals surface area contributed by atoms with Gasteiger partial charge in [0.25, 0.3) is 0 Å². The van der Waals surface area contributed by atoms with Crippen LogP contribution in [0.25, 0.3) is 0 Å². The number of allylic oxidation sites excluding steroid dienone is 3. The van der Waals surface area contributed by atoms with E-state index >= 15 is 0 Å². The molecule has 0 rings (SSSR count). The van der Waals surface area contributed by atoms with Crippen molar-refractivity contribution in [2.75, 3.05) is 0 Å². The molecule has 2 N–H and O–H groups in total. The largest absolute Gasteiger partial charge is 0.393 e. The van der Waals surface area contributed by atoms with E-state index in [-0.39, 0.29) is 6.10 Å². The summed E-state index contributed by atoms with van der Waals surface area (Å²) >= 11 is 0. The summed E-state index contributed by atoms with van der Waals surface area (Å²) < 4.78 is 0. The summed E-state index contributed by atoms with van der Waals surface area (Å²) in [5.41, 5.74) is 0. The zero-order valence-electron chi connectivity index (χ0n) is 13.9. The summed E-state index contributed by atoms with van der Waals surface area (Å²) in [6, 6.07) is 0. The lowest BCUT2D eigenvalue weighted by Crippen LogP contribution is -2.05. The topological polar surface area (TPSA) is 66.8 Å². The number of hydrogen-bond donors (Lipinski definition) is 2. The first kappa shape index (κ1) is 20.9. The number of carbonyl (C=O) groups excluding carboxylic acids is 1. The molecule has 0 fully saturated rings. The van der Waals surface area contributed by atoms with Crippen molar-refractivity contribution in [1.29, 1.82) is 0 Å². The van der Waals surface area contributed by atoms with Gasteiger partial charge in [0.2, 0.25) is 0 Å². The fourth-order valence-corrected chi connectivity index (χ4v) is 2.29. The molecule has 0 aliphatic carbocycles. The van der Waals surface area contributed by atoms with Crippen molar-refractivity contribution in [2.24, 2.45) is 0 Å². The van der Waals surface area contributed by atoms with Gasteiger partial charge in [0.1, 0.15) is 0 Å². The molecule has 0 radical (unpaired) electrons. The summed E-state index contributed by atoms with van der Waals surface area (Å²) in [6.07, 6.45) is 18.6. The highest BCUT2D eigenvalue weighted by Crippen LogP contribution is 2.12. The van der Waals surface area contributed by atoms with E-state index in [9.17, 15) is 9.90 Å². The van der Waals surface area contributed by atoms with E-state index in [1.165, 1.54) is 44.6 Å². The molecule has 0 spiro atoms. The first-order valence-electron chi connectivity index (χ1n) is 8.57. The minimum atomic E-state index is -0.783. The van der Waals surface area contributed by atoms with Crippen LogP contribution in [0.1, 0.15) is 77.6 Å². The molecule has 4 heteroatoms. The Hall–Kier alpha value is -1.13. The van der Waals surface area contributed by atoms with Crippen LogP contribution in [0.5, 0.6) is 0 Å². The molecule has 0 heterocycles. The lowest BCUT2D eigenvalue weighted by atomic mass is 10.0. The highest BCUT2D eigenvalue weighted by molar-refractivity contribution is 5.81. The van der Waals surface area contributed by atoms with E-state index in [1.807, 2.05) is 6.08 Å². The molecule has 0 aliphatic heterocycles. The Balaban J connectivity index is 3.39. The molecular weight excluding hydrogens is 280 g/mol. The normalized spacial score (nSPS) is 13.0. The Morgan fingerprint density at radius 1 is 1.00 bits per heavy atom. The monoisotopic (exact) mass is 312 g/mol. The molecule has 0 aromatic rings. The molecule has 1 unspecified atom stereocenters. The summed E-state index contributed by atoms with van der Waals surface area (Å²) in [4.78, 5) is 14.1. The van der Waals surface area contributed by atoms with Crippen molar-refractivity contribution < 1.29 is 20.0 Å². The fourth-order valence-electron chi connectivity index (χ4n) is 2.29. The second-order valence-corrected chi connectivity index (χ2v) is 5.69. The maximum Gasteiger partial charge on any atom is 0.365 e. The minimum absolute atomic E-state index is 0.191. The third-order valence-electron chi connectivity index (χ3n) is 3.62. The van der Waals surface area contributed by atoms with E-state index in [2.05, 4.69) is 11.8 Å². The summed E-state index contributed by atoms with van der Waals surface area (Å²) in [7, 11) is 0. The first-order valence-corrected chi connectivity index (χ1v) is 8.57. The highest BCUT2D eigenvalue weighted by Gasteiger charge is 2.02. The SMILES string of the molecule is CCCCCCCCCC(O)CCCC=CC=CC(=O)OO. The van der Waals surface area contributed by atoms with Crippen LogP contribution in [-0.2, 0) is 9.68 Å². The van der Waals surface area contributed by atoms with E-state index in [0.717, 1.165) is 38.2 Å². The van der Waals surface area contributed by atoms with Crippen molar-refractivity contribution >= 4 is 5.97 Å². The molecule has 0 bridgehead atoms. The molecule has 4 nitrogen and oxygen atoms in total. The quantitative estimate of drug-likeness (QED) is 0.159. The summed E-state index contributed by atoms with van der Waals surface area (Å²) in [6.45, 7) is 2.23. The average Bonchev–Trinajstić information content (AvgIpc) is 2.52. The van der Waals surface area contributed by atoms with Gasteiger partial charge in [-0.05, 0) is 25.7 Å². The molecule has 0 aromatic heterocycles. The summed E-state index contributed by atoms with van der Waals surface area (Å²) in [5, 5.41) is 17.9. The molecule has 0 amide bonds. The first-order chi connectivity index (χ1) is 10.7. The predicted octanol–water partition coefficient (Wildman–Crippen LogP) is 4.79. The average molecular weight is 312 g/mol. The van der Waals surface area contributed by atoms with Crippen LogP contribution in [0.2, 0.25) is 0 Å². The van der Waals surface area contributed by atoms with E-state index < -0.39 is 5.97 Å². The smallest absolute Gasteiger partial charge is 0.365 e. The van der Waals surface area contributed by atoms with Crippen molar-refractivity contribution in [2.45, 2.75) is 83.7 Å². The molecule has 0 saturated heterocycles. The molecule has 22 heavy (non-hydrogen) atoms. The van der Waals surface area contributed by atoms with Gasteiger partial charge in [0, 0.05) is 6.08 Å². The number of rotatable bonds is 14. The zero-order chi connectivity index (χ0) is 16.5. The Morgan fingerprint density at radius 2 is 1.64 bits per heavy atom. The third kappa shape index (κ3) is 15.3. The lowest BCUT2D eigenvalue weighted by Gasteiger charge is -2.09. The third-order valence-corrected chi connectivity index (χ3v) is 3.62. The van der Waals surface area contributed by atoms with Crippen LogP contribution in [0.15, 0.2) is 24.3 Å². The zero-order valence-corrected chi connectivity index (χ0v) is 13.9. The highest BCUT2D eigenvalue weighted by atomic mass is 17.1.